The summed E-state index contributed by atoms with van der Waals surface area (Å²) >= 11 is 0. The molecule has 8 nitrogen and oxygen atoms in total. The molecule has 3 aromatic rings. The largest absolute Gasteiger partial charge is 0.478 e. The number of carbonyl (C=O) groups is 3. The summed E-state index contributed by atoms with van der Waals surface area (Å²) in [5, 5.41) is 9.75. The number of carboxylic acid groups (broad SMARTS) is 1. The molecule has 0 aliphatic carbocycles. The van der Waals surface area contributed by atoms with Crippen molar-refractivity contribution in [1.82, 2.24) is 14.4 Å². The van der Waals surface area contributed by atoms with E-state index in [1.807, 2.05) is 57.2 Å². The van der Waals surface area contributed by atoms with Gasteiger partial charge in [0.1, 0.15) is 5.60 Å². The van der Waals surface area contributed by atoms with Gasteiger partial charge in [-0.25, -0.2) is 9.59 Å². The van der Waals surface area contributed by atoms with E-state index in [0.29, 0.717) is 55.0 Å². The number of amides is 2. The van der Waals surface area contributed by atoms with E-state index in [9.17, 15) is 19.5 Å². The van der Waals surface area contributed by atoms with Gasteiger partial charge < -0.3 is 24.2 Å². The lowest BCUT2D eigenvalue weighted by Crippen LogP contribution is -2.40. The van der Waals surface area contributed by atoms with Gasteiger partial charge >= 0.3 is 12.1 Å². The summed E-state index contributed by atoms with van der Waals surface area (Å²) < 4.78 is 16.1. The van der Waals surface area contributed by atoms with Crippen LogP contribution in [0.15, 0.2) is 42.5 Å². The van der Waals surface area contributed by atoms with E-state index < -0.39 is 24.2 Å². The molecule has 39 heavy (non-hydrogen) atoms. The summed E-state index contributed by atoms with van der Waals surface area (Å²) in [6.45, 7) is 7.55. The Bertz CT molecular complexity index is 1520. The number of carbonyl (C=O) groups excluding carboxylic acids is 2. The number of hydrogen-bond acceptors (Lipinski definition) is 4. The highest BCUT2D eigenvalue weighted by molar-refractivity contribution is 6.02. The van der Waals surface area contributed by atoms with Crippen LogP contribution in [0, 0.1) is 6.92 Å². The molecule has 5 rings (SSSR count). The third-order valence-electron chi connectivity index (χ3n) is 7.53. The molecule has 204 valence electrons. The van der Waals surface area contributed by atoms with Crippen molar-refractivity contribution in [2.24, 2.45) is 7.05 Å². The Morgan fingerprint density at radius 2 is 1.62 bits per heavy atom. The topological polar surface area (TPSA) is 92.1 Å². The molecular weight excluding hydrogens is 494 g/mol. The predicted molar refractivity (Wildman–Crippen MR) is 148 cm³/mol. The lowest BCUT2D eigenvalue weighted by molar-refractivity contribution is 0.0223. The van der Waals surface area contributed by atoms with Crippen LogP contribution in [0.25, 0.3) is 11.3 Å². The number of ether oxygens (including phenoxy) is 1. The maximum absolute atomic E-state index is 14.2. The maximum atomic E-state index is 14.2. The van der Waals surface area contributed by atoms with Crippen LogP contribution in [0.3, 0.4) is 0 Å². The van der Waals surface area contributed by atoms with Crippen LogP contribution in [0.2, 0.25) is 0 Å². The van der Waals surface area contributed by atoms with E-state index in [2.05, 4.69) is 0 Å². The molecule has 2 aliphatic rings. The van der Waals surface area contributed by atoms with Crippen molar-refractivity contribution < 1.29 is 25.6 Å². The molecule has 0 bridgehead atoms. The molecule has 2 aromatic carbocycles. The van der Waals surface area contributed by atoms with Gasteiger partial charge in [-0.2, -0.15) is 0 Å². The summed E-state index contributed by atoms with van der Waals surface area (Å²) in [4.78, 5) is 42.2. The molecular formula is C31H35N3O5. The smallest absolute Gasteiger partial charge is 0.410 e. The number of hydrogen-bond donors (Lipinski definition) is 1. The summed E-state index contributed by atoms with van der Waals surface area (Å²) in [5.74, 6) is -1.32. The number of aromatic carboxylic acids is 1. The van der Waals surface area contributed by atoms with Crippen LogP contribution in [-0.2, 0) is 37.7 Å². The minimum atomic E-state index is -1.03. The van der Waals surface area contributed by atoms with Crippen LogP contribution in [0.5, 0.6) is 0 Å². The quantitative estimate of drug-likeness (QED) is 0.502. The zero-order valence-electron chi connectivity index (χ0n) is 24.1. The second kappa shape index (κ2) is 9.91. The van der Waals surface area contributed by atoms with Gasteiger partial charge in [0.15, 0.2) is 0 Å². The van der Waals surface area contributed by atoms with E-state index in [1.54, 1.807) is 34.4 Å². The van der Waals surface area contributed by atoms with E-state index in [1.165, 1.54) is 0 Å². The average Bonchev–Trinajstić information content (AvgIpc) is 3.20. The van der Waals surface area contributed by atoms with Crippen molar-refractivity contribution in [3.8, 4) is 11.3 Å². The molecule has 1 N–H and O–H groups in total. The fraction of sp³-hybridized carbons (Fsp3) is 0.387. The van der Waals surface area contributed by atoms with Gasteiger partial charge in [0.05, 0.1) is 5.56 Å². The summed E-state index contributed by atoms with van der Waals surface area (Å²) in [5.41, 5.74) is 5.68. The molecule has 0 saturated carbocycles. The van der Waals surface area contributed by atoms with Crippen molar-refractivity contribution in [3.63, 3.8) is 0 Å². The molecule has 2 aliphatic heterocycles. The molecule has 0 fully saturated rings. The molecule has 0 radical (unpaired) electrons. The first kappa shape index (κ1) is 25.2. The second-order valence-corrected chi connectivity index (χ2v) is 11.3. The van der Waals surface area contributed by atoms with E-state index in [-0.39, 0.29) is 11.5 Å². The summed E-state index contributed by atoms with van der Waals surface area (Å²) in [6.07, 6.45) is 0.600. The first-order valence-corrected chi connectivity index (χ1v) is 13.2. The predicted octanol–water partition coefficient (Wildman–Crippen LogP) is 5.19. The summed E-state index contributed by atoms with van der Waals surface area (Å²) in [6, 6.07) is 13.2. The first-order chi connectivity index (χ1) is 18.8. The van der Waals surface area contributed by atoms with Gasteiger partial charge in [0.25, 0.3) is 5.91 Å². The number of fused-ring (bicyclic) bond motifs is 2. The maximum Gasteiger partial charge on any atom is 0.410 e. The monoisotopic (exact) mass is 531 g/mol. The number of aromatic nitrogens is 1. The summed E-state index contributed by atoms with van der Waals surface area (Å²) in [7, 11) is 1.79. The van der Waals surface area contributed by atoms with E-state index in [0.717, 1.165) is 22.3 Å². The molecule has 1 unspecified atom stereocenters. The Hall–Kier alpha value is -4.07. The Morgan fingerprint density at radius 3 is 2.28 bits per heavy atom. The molecule has 8 heteroatoms. The zero-order chi connectivity index (χ0) is 28.9. The van der Waals surface area contributed by atoms with Gasteiger partial charge in [-0.05, 0) is 81.0 Å². The Labute approximate surface area is 230 Å². The standard InChI is InChI=1S/C31H35N3O5/c1-19-24(29(36)37)16-27(32(19)5)25-14-21-11-13-34(30(38)39-31(2,3)4)18-23(21)15-26(25)28(35)33-12-10-20-8-6-7-9-22(20)17-33/h6-9,14-16H,10-13,17-18H2,1-5H3,(H,36,37)/i12T. The highest BCUT2D eigenvalue weighted by Gasteiger charge is 2.30. The van der Waals surface area contributed by atoms with Crippen LogP contribution >= 0.6 is 0 Å². The van der Waals surface area contributed by atoms with E-state index in [4.69, 9.17) is 6.11 Å². The van der Waals surface area contributed by atoms with Gasteiger partial charge in [-0.3, -0.25) is 4.79 Å². The highest BCUT2D eigenvalue weighted by atomic mass is 16.6. The Morgan fingerprint density at radius 1 is 0.923 bits per heavy atom. The molecule has 3 heterocycles. The van der Waals surface area contributed by atoms with Gasteiger partial charge in [-0.1, -0.05) is 24.3 Å². The van der Waals surface area contributed by atoms with Crippen LogP contribution in [0.4, 0.5) is 4.79 Å². The lowest BCUT2D eigenvalue weighted by atomic mass is 9.91. The van der Waals surface area contributed by atoms with Crippen molar-refractivity contribution >= 4 is 18.0 Å². The third-order valence-corrected chi connectivity index (χ3v) is 7.53. The van der Waals surface area contributed by atoms with Crippen LogP contribution in [-0.4, -0.2) is 56.1 Å². The van der Waals surface area contributed by atoms with Gasteiger partial charge in [-0.15, -0.1) is 0 Å². The first-order valence-electron chi connectivity index (χ1n) is 13.8. The minimum Gasteiger partial charge on any atom is -0.478 e. The fourth-order valence-electron chi connectivity index (χ4n) is 5.33. The molecule has 2 amide bonds. The fourth-order valence-corrected chi connectivity index (χ4v) is 5.33. The van der Waals surface area contributed by atoms with Crippen molar-refractivity contribution in [3.05, 3.63) is 81.5 Å². The lowest BCUT2D eigenvalue weighted by Gasteiger charge is -2.33. The van der Waals surface area contributed by atoms with Crippen LogP contribution < -0.4 is 0 Å². The Kier molecular flexibility index (Phi) is 6.41. The molecule has 1 atom stereocenters. The average molecular weight is 532 g/mol. The molecule has 0 saturated heterocycles. The Balaban J connectivity index is 1.59. The molecule has 1 aromatic heterocycles. The number of rotatable bonds is 3. The molecule has 0 spiro atoms. The van der Waals surface area contributed by atoms with Crippen molar-refractivity contribution in [2.75, 3.05) is 13.1 Å². The van der Waals surface area contributed by atoms with Gasteiger partial charge in [0.2, 0.25) is 0 Å². The zero-order valence-corrected chi connectivity index (χ0v) is 23.1. The number of benzene rings is 2. The third kappa shape index (κ3) is 5.15. The number of nitrogens with zero attached hydrogens (tertiary/aromatic N) is 3. The SMILES string of the molecule is [3H]C1Cc2ccccc2CN1C(=O)c1cc2c(cc1-c1cc(C(=O)O)c(C)n1C)CCN(C(=O)OC(C)(C)C)C2. The minimum absolute atomic E-state index is 0.176. The normalized spacial score (nSPS) is 17.3. The van der Waals surface area contributed by atoms with E-state index >= 15 is 0 Å². The number of aryl methyl sites for hydroxylation is 1. The van der Waals surface area contributed by atoms with Crippen LogP contribution in [0.1, 0.15) is 70.8 Å². The van der Waals surface area contributed by atoms with Gasteiger partial charge in [0, 0.05) is 57.1 Å². The highest BCUT2D eigenvalue weighted by Crippen LogP contribution is 2.34. The van der Waals surface area contributed by atoms with Crippen molar-refractivity contribution in [2.45, 2.75) is 59.2 Å². The second-order valence-electron chi connectivity index (χ2n) is 11.3. The van der Waals surface area contributed by atoms with Crippen molar-refractivity contribution in [1.29, 1.82) is 0 Å². The number of carboxylic acids is 1.